The van der Waals surface area contributed by atoms with E-state index in [1.165, 1.54) is 6.07 Å². The Kier molecular flexibility index (Phi) is 5.25. The summed E-state index contributed by atoms with van der Waals surface area (Å²) < 4.78 is 30.5. The van der Waals surface area contributed by atoms with Gasteiger partial charge in [0.1, 0.15) is 11.4 Å². The quantitative estimate of drug-likeness (QED) is 0.742. The van der Waals surface area contributed by atoms with Crippen LogP contribution in [0.2, 0.25) is 0 Å². The largest absolute Gasteiger partial charge is 0.507 e. The van der Waals surface area contributed by atoms with Crippen LogP contribution in [0.4, 0.5) is 14.6 Å². The van der Waals surface area contributed by atoms with E-state index >= 15 is 0 Å². The van der Waals surface area contributed by atoms with Crippen LogP contribution in [0.25, 0.3) is 17.3 Å². The normalized spacial score (nSPS) is 23.1. The highest BCUT2D eigenvalue weighted by molar-refractivity contribution is 5.74. The van der Waals surface area contributed by atoms with Gasteiger partial charge >= 0.3 is 0 Å². The fraction of sp³-hybridized carbons (Fsp3) is 0.455. The second-order valence-corrected chi connectivity index (χ2v) is 8.18. The lowest BCUT2D eigenvalue weighted by Crippen LogP contribution is -2.50. The number of nitrogens with zero attached hydrogens (tertiary/aromatic N) is 2. The molecule has 2 aliphatic carbocycles. The van der Waals surface area contributed by atoms with Crippen molar-refractivity contribution >= 4 is 11.9 Å². The van der Waals surface area contributed by atoms with Gasteiger partial charge in [0.05, 0.1) is 5.60 Å². The summed E-state index contributed by atoms with van der Waals surface area (Å²) in [7, 11) is 1.74. The molecular weight excluding hydrogens is 376 g/mol. The maximum atomic E-state index is 12.5. The minimum atomic E-state index is -1.80. The number of phenolic OH excluding ortho intramolecular Hbond substituents is 1. The summed E-state index contributed by atoms with van der Waals surface area (Å²) in [5.74, 6) is 0.739. The molecule has 0 radical (unpaired) electrons. The van der Waals surface area contributed by atoms with Gasteiger partial charge in [0, 0.05) is 30.4 Å². The Hall–Kier alpha value is -2.54. The van der Waals surface area contributed by atoms with Crippen molar-refractivity contribution < 1.29 is 18.6 Å². The summed E-state index contributed by atoms with van der Waals surface area (Å²) in [5.41, 5.74) is 3.55. The number of ether oxygens (including phenoxy) is 1. The van der Waals surface area contributed by atoms with E-state index in [9.17, 15) is 13.9 Å². The molecule has 154 valence electrons. The third kappa shape index (κ3) is 3.96. The highest BCUT2D eigenvalue weighted by Gasteiger charge is 2.41. The van der Waals surface area contributed by atoms with Gasteiger partial charge in [-0.1, -0.05) is 6.07 Å². The molecule has 7 heteroatoms. The number of aromatic hydroxyl groups is 1. The van der Waals surface area contributed by atoms with Gasteiger partial charge in [0.15, 0.2) is 5.82 Å². The van der Waals surface area contributed by atoms with Crippen molar-refractivity contribution in [3.05, 3.63) is 41.0 Å². The van der Waals surface area contributed by atoms with Crippen LogP contribution in [0.3, 0.4) is 0 Å². The van der Waals surface area contributed by atoms with E-state index < -0.39 is 6.08 Å². The molecule has 1 aromatic carbocycles. The number of methoxy groups -OCH3 is 1. The Bertz CT molecular complexity index is 951. The highest BCUT2D eigenvalue weighted by atomic mass is 19.3. The number of fused-ring (bicyclic) bond motifs is 1. The molecule has 2 N–H and O–H groups in total. The molecule has 29 heavy (non-hydrogen) atoms. The van der Waals surface area contributed by atoms with Gasteiger partial charge < -0.3 is 15.2 Å². The predicted molar refractivity (Wildman–Crippen MR) is 108 cm³/mol. The standard InChI is InChI=1S/C22H25F2N3O2/c1-22(29-2)11-14(12-22)25-21-16-6-4-3-5-15(16)20(26-27-21)17-8-7-13(9-18(17)28)10-19(23)24/h7-10,14,28H,3-6,11-12H2,1-2H3,(H,25,27). The molecule has 0 bridgehead atoms. The number of rotatable bonds is 5. The molecule has 1 heterocycles. The Balaban J connectivity index is 1.65. The highest BCUT2D eigenvalue weighted by Crippen LogP contribution is 2.40. The first-order valence-corrected chi connectivity index (χ1v) is 9.95. The van der Waals surface area contributed by atoms with Gasteiger partial charge in [0.2, 0.25) is 0 Å². The van der Waals surface area contributed by atoms with Crippen molar-refractivity contribution in [3.8, 4) is 17.0 Å². The molecular formula is C22H25F2N3O2. The maximum Gasteiger partial charge on any atom is 0.270 e. The summed E-state index contributed by atoms with van der Waals surface area (Å²) in [6.07, 6.45) is 4.66. The van der Waals surface area contributed by atoms with Crippen molar-refractivity contribution in [1.82, 2.24) is 10.2 Å². The predicted octanol–water partition coefficient (Wildman–Crippen LogP) is 4.94. The summed E-state index contributed by atoms with van der Waals surface area (Å²) in [6.45, 7) is 2.10. The lowest BCUT2D eigenvalue weighted by molar-refractivity contribution is -0.0625. The van der Waals surface area contributed by atoms with E-state index in [0.29, 0.717) is 17.3 Å². The number of hydrogen-bond acceptors (Lipinski definition) is 5. The van der Waals surface area contributed by atoms with Crippen molar-refractivity contribution in [2.45, 2.75) is 57.1 Å². The van der Waals surface area contributed by atoms with Crippen LogP contribution in [-0.2, 0) is 17.6 Å². The van der Waals surface area contributed by atoms with Gasteiger partial charge in [0.25, 0.3) is 6.08 Å². The number of halogens is 2. The fourth-order valence-corrected chi connectivity index (χ4v) is 4.39. The molecule has 2 aliphatic rings. The van der Waals surface area contributed by atoms with Crippen LogP contribution < -0.4 is 5.32 Å². The monoisotopic (exact) mass is 401 g/mol. The zero-order valence-corrected chi connectivity index (χ0v) is 16.6. The van der Waals surface area contributed by atoms with Gasteiger partial charge in [-0.25, -0.2) is 0 Å². The first kappa shape index (κ1) is 19.8. The molecule has 0 amide bonds. The summed E-state index contributed by atoms with van der Waals surface area (Å²) in [4.78, 5) is 0. The Morgan fingerprint density at radius 2 is 1.93 bits per heavy atom. The summed E-state index contributed by atoms with van der Waals surface area (Å²) in [5, 5.41) is 22.8. The topological polar surface area (TPSA) is 67.3 Å². The molecule has 5 nitrogen and oxygen atoms in total. The maximum absolute atomic E-state index is 12.5. The van der Waals surface area contributed by atoms with Crippen LogP contribution in [0.15, 0.2) is 24.3 Å². The third-order valence-electron chi connectivity index (χ3n) is 6.03. The lowest BCUT2D eigenvalue weighted by atomic mass is 9.77. The van der Waals surface area contributed by atoms with Gasteiger partial charge in [-0.3, -0.25) is 0 Å². The van der Waals surface area contributed by atoms with Crippen LogP contribution in [-0.4, -0.2) is 34.1 Å². The Labute approximate surface area is 168 Å². The molecule has 0 spiro atoms. The van der Waals surface area contributed by atoms with E-state index in [0.717, 1.165) is 61.5 Å². The van der Waals surface area contributed by atoms with E-state index in [1.54, 1.807) is 19.2 Å². The van der Waals surface area contributed by atoms with Crippen molar-refractivity contribution in [2.75, 3.05) is 12.4 Å². The summed E-state index contributed by atoms with van der Waals surface area (Å²) in [6, 6.07) is 4.82. The van der Waals surface area contributed by atoms with Crippen LogP contribution >= 0.6 is 0 Å². The SMILES string of the molecule is COC1(C)CC(Nc2nnc(-c3ccc(C=C(F)F)cc3O)c3c2CCCC3)C1. The molecule has 2 aromatic rings. The van der Waals surface area contributed by atoms with E-state index in [1.807, 2.05) is 0 Å². The van der Waals surface area contributed by atoms with Crippen LogP contribution in [0, 0.1) is 0 Å². The lowest BCUT2D eigenvalue weighted by Gasteiger charge is -2.44. The second-order valence-electron chi connectivity index (χ2n) is 8.18. The number of nitrogens with one attached hydrogen (secondary N) is 1. The van der Waals surface area contributed by atoms with Crippen LogP contribution in [0.1, 0.15) is 49.3 Å². The smallest absolute Gasteiger partial charge is 0.270 e. The zero-order valence-electron chi connectivity index (χ0n) is 16.6. The van der Waals surface area contributed by atoms with Crippen molar-refractivity contribution in [1.29, 1.82) is 0 Å². The fourth-order valence-electron chi connectivity index (χ4n) is 4.39. The van der Waals surface area contributed by atoms with Gasteiger partial charge in [-0.15, -0.1) is 10.2 Å². The van der Waals surface area contributed by atoms with Crippen molar-refractivity contribution in [3.63, 3.8) is 0 Å². The first-order valence-electron chi connectivity index (χ1n) is 9.95. The number of phenols is 1. The van der Waals surface area contributed by atoms with E-state index in [4.69, 9.17) is 4.74 Å². The minimum Gasteiger partial charge on any atom is -0.507 e. The number of anilines is 1. The molecule has 1 aromatic heterocycles. The van der Waals surface area contributed by atoms with E-state index in [-0.39, 0.29) is 16.9 Å². The number of benzene rings is 1. The van der Waals surface area contributed by atoms with Gasteiger partial charge in [-0.2, -0.15) is 8.78 Å². The zero-order chi connectivity index (χ0) is 20.6. The Morgan fingerprint density at radius 3 is 2.59 bits per heavy atom. The molecule has 4 rings (SSSR count). The van der Waals surface area contributed by atoms with Gasteiger partial charge in [-0.05, 0) is 68.7 Å². The van der Waals surface area contributed by atoms with Crippen molar-refractivity contribution in [2.24, 2.45) is 0 Å². The molecule has 0 aliphatic heterocycles. The molecule has 1 fully saturated rings. The second kappa shape index (κ2) is 7.71. The molecule has 1 saturated carbocycles. The molecule has 0 atom stereocenters. The first-order chi connectivity index (χ1) is 13.9. The average Bonchev–Trinajstić information content (AvgIpc) is 2.67. The molecule has 0 unspecified atom stereocenters. The van der Waals surface area contributed by atoms with Crippen LogP contribution in [0.5, 0.6) is 5.75 Å². The Morgan fingerprint density at radius 1 is 1.21 bits per heavy atom. The number of hydrogen-bond donors (Lipinski definition) is 2. The molecule has 0 saturated heterocycles. The third-order valence-corrected chi connectivity index (χ3v) is 6.03. The average molecular weight is 401 g/mol. The van der Waals surface area contributed by atoms with E-state index in [2.05, 4.69) is 22.4 Å². The summed E-state index contributed by atoms with van der Waals surface area (Å²) >= 11 is 0. The minimum absolute atomic E-state index is 0.0716. The number of aromatic nitrogens is 2.